The van der Waals surface area contributed by atoms with Gasteiger partial charge in [-0.05, 0) is 95.4 Å². The molecule has 0 heterocycles. The maximum atomic E-state index is 13.8. The zero-order chi connectivity index (χ0) is 29.9. The molecule has 0 aliphatic carbocycles. The Morgan fingerprint density at radius 1 is 0.976 bits per heavy atom. The van der Waals surface area contributed by atoms with Gasteiger partial charge in [-0.15, -0.1) is 0 Å². The minimum atomic E-state index is -0.827. The number of carbonyl (C=O) groups is 2. The van der Waals surface area contributed by atoms with Crippen molar-refractivity contribution in [2.75, 3.05) is 19.6 Å². The molecule has 0 aliphatic heterocycles. The fraction of sp³-hybridized carbons (Fsp3) is 0.355. The molecule has 0 bridgehead atoms. The van der Waals surface area contributed by atoms with Gasteiger partial charge in [-0.2, -0.15) is 0 Å². The van der Waals surface area contributed by atoms with Gasteiger partial charge in [0.15, 0.2) is 0 Å². The molecule has 41 heavy (non-hydrogen) atoms. The third-order valence-corrected chi connectivity index (χ3v) is 7.48. The first-order valence-corrected chi connectivity index (χ1v) is 15.4. The number of halogens is 4. The van der Waals surface area contributed by atoms with Gasteiger partial charge >= 0.3 is 5.97 Å². The van der Waals surface area contributed by atoms with Crippen molar-refractivity contribution in [3.05, 3.63) is 103 Å². The number of amides is 1. The summed E-state index contributed by atoms with van der Waals surface area (Å²) in [7, 11) is 0. The van der Waals surface area contributed by atoms with E-state index < -0.39 is 29.7 Å². The van der Waals surface area contributed by atoms with Crippen LogP contribution in [0.5, 0.6) is 0 Å². The van der Waals surface area contributed by atoms with Crippen LogP contribution in [0.1, 0.15) is 58.5 Å². The molecule has 1 amide bonds. The first-order valence-electron chi connectivity index (χ1n) is 13.6. The van der Waals surface area contributed by atoms with Crippen LogP contribution in [0.2, 0.25) is 0 Å². The molecule has 0 unspecified atom stereocenters. The fourth-order valence-electron chi connectivity index (χ4n) is 4.49. The number of rotatable bonds is 14. The van der Waals surface area contributed by atoms with E-state index in [0.29, 0.717) is 35.2 Å². The van der Waals surface area contributed by atoms with Crippen molar-refractivity contribution in [3.63, 3.8) is 0 Å². The summed E-state index contributed by atoms with van der Waals surface area (Å²) in [5.41, 5.74) is 8.43. The quantitative estimate of drug-likeness (QED) is 0.146. The molecule has 0 aromatic heterocycles. The van der Waals surface area contributed by atoms with E-state index in [4.69, 9.17) is 10.5 Å². The number of nitrogens with two attached hydrogens (primary N) is 1. The standard InChI is InChI=1S/C31H35BrF2IN3O3/c1-3-8-38(9-4-2)30(39)22-14-23(16-24(32)15-22)31(40)41-29(19-37-18-20-6-5-7-27(35)12-20)28(36)13-21-10-25(33)17-26(34)11-21/h5-7,10-12,14-17,28-29,37H,3-4,8-9,13,18-19,36H2,1-2H3/t28-,29+/m0/s1. The zero-order valence-corrected chi connectivity index (χ0v) is 26.9. The monoisotopic (exact) mass is 741 g/mol. The number of esters is 1. The van der Waals surface area contributed by atoms with Crippen molar-refractivity contribution in [3.8, 4) is 0 Å². The lowest BCUT2D eigenvalue weighted by Gasteiger charge is -2.25. The summed E-state index contributed by atoms with van der Waals surface area (Å²) in [5.74, 6) is -2.22. The molecule has 3 N–H and O–H groups in total. The highest BCUT2D eigenvalue weighted by molar-refractivity contribution is 14.1. The maximum absolute atomic E-state index is 13.8. The normalized spacial score (nSPS) is 12.6. The van der Waals surface area contributed by atoms with Crippen molar-refractivity contribution in [1.29, 1.82) is 0 Å². The second kappa shape index (κ2) is 16.3. The van der Waals surface area contributed by atoms with Gasteiger partial charge in [-0.25, -0.2) is 13.6 Å². The SMILES string of the molecule is CCCN(CCC)C(=O)c1cc(Br)cc(C(=O)O[C@H](CNCc2cccc(I)c2)[C@@H](N)Cc2cc(F)cc(F)c2)c1. The lowest BCUT2D eigenvalue weighted by molar-refractivity contribution is 0.0238. The Morgan fingerprint density at radius 3 is 2.27 bits per heavy atom. The van der Waals surface area contributed by atoms with Crippen LogP contribution in [0.4, 0.5) is 8.78 Å². The fourth-order valence-corrected chi connectivity index (χ4v) is 5.59. The Hall–Kier alpha value is -2.41. The average molecular weight is 742 g/mol. The van der Waals surface area contributed by atoms with Crippen molar-refractivity contribution < 1.29 is 23.1 Å². The summed E-state index contributed by atoms with van der Waals surface area (Å²) < 4.78 is 35.2. The van der Waals surface area contributed by atoms with Crippen LogP contribution < -0.4 is 11.1 Å². The molecule has 10 heteroatoms. The molecule has 0 spiro atoms. The molecular weight excluding hydrogens is 707 g/mol. The average Bonchev–Trinajstić information content (AvgIpc) is 2.91. The smallest absolute Gasteiger partial charge is 0.338 e. The van der Waals surface area contributed by atoms with E-state index in [2.05, 4.69) is 43.8 Å². The van der Waals surface area contributed by atoms with Gasteiger partial charge in [0.2, 0.25) is 0 Å². The molecule has 3 aromatic carbocycles. The van der Waals surface area contributed by atoms with E-state index >= 15 is 0 Å². The highest BCUT2D eigenvalue weighted by Gasteiger charge is 2.25. The highest BCUT2D eigenvalue weighted by Crippen LogP contribution is 2.20. The molecule has 220 valence electrons. The Morgan fingerprint density at radius 2 is 1.63 bits per heavy atom. The first kappa shape index (κ1) is 33.1. The lowest BCUT2D eigenvalue weighted by atomic mass is 10.0. The van der Waals surface area contributed by atoms with Gasteiger partial charge < -0.3 is 20.7 Å². The number of nitrogens with one attached hydrogen (secondary N) is 1. The topological polar surface area (TPSA) is 84.7 Å². The van der Waals surface area contributed by atoms with Crippen LogP contribution in [0.3, 0.4) is 0 Å². The van der Waals surface area contributed by atoms with Crippen LogP contribution in [0.15, 0.2) is 65.1 Å². The zero-order valence-electron chi connectivity index (χ0n) is 23.1. The van der Waals surface area contributed by atoms with E-state index in [0.717, 1.165) is 28.0 Å². The van der Waals surface area contributed by atoms with E-state index in [-0.39, 0.29) is 24.4 Å². The molecule has 6 nitrogen and oxygen atoms in total. The van der Waals surface area contributed by atoms with Gasteiger partial charge in [-0.1, -0.05) is 41.9 Å². The first-order chi connectivity index (χ1) is 19.6. The summed E-state index contributed by atoms with van der Waals surface area (Å²) in [6.07, 6.45) is 0.895. The van der Waals surface area contributed by atoms with Crippen molar-refractivity contribution in [1.82, 2.24) is 10.2 Å². The molecule has 3 aromatic rings. The van der Waals surface area contributed by atoms with Gasteiger partial charge in [0.05, 0.1) is 5.56 Å². The second-order valence-electron chi connectivity index (χ2n) is 9.87. The summed E-state index contributed by atoms with van der Waals surface area (Å²) in [6.45, 7) is 5.95. The molecule has 0 aliphatic rings. The van der Waals surface area contributed by atoms with Crippen molar-refractivity contribution in [2.45, 2.75) is 51.8 Å². The Kier molecular flexibility index (Phi) is 13.1. The van der Waals surface area contributed by atoms with Crippen LogP contribution in [-0.2, 0) is 17.7 Å². The minimum absolute atomic E-state index is 0.0861. The van der Waals surface area contributed by atoms with Crippen LogP contribution in [-0.4, -0.2) is 48.6 Å². The third kappa shape index (κ3) is 10.4. The third-order valence-electron chi connectivity index (χ3n) is 6.35. The molecule has 0 saturated carbocycles. The number of carbonyl (C=O) groups excluding carboxylic acids is 2. The Labute approximate surface area is 262 Å². The van der Waals surface area contributed by atoms with Crippen LogP contribution >= 0.6 is 38.5 Å². The van der Waals surface area contributed by atoms with Gasteiger partial charge in [-0.3, -0.25) is 4.79 Å². The number of hydrogen-bond acceptors (Lipinski definition) is 5. The summed E-state index contributed by atoms with van der Waals surface area (Å²) in [4.78, 5) is 28.3. The van der Waals surface area contributed by atoms with Crippen LogP contribution in [0.25, 0.3) is 0 Å². The van der Waals surface area contributed by atoms with Gasteiger partial charge in [0, 0.05) is 51.9 Å². The predicted octanol–water partition coefficient (Wildman–Crippen LogP) is 6.48. The van der Waals surface area contributed by atoms with E-state index in [1.165, 1.54) is 18.2 Å². The Bertz CT molecular complexity index is 1320. The lowest BCUT2D eigenvalue weighted by Crippen LogP contribution is -2.46. The van der Waals surface area contributed by atoms with E-state index in [9.17, 15) is 18.4 Å². The largest absolute Gasteiger partial charge is 0.456 e. The van der Waals surface area contributed by atoms with Gasteiger partial charge in [0.25, 0.3) is 5.91 Å². The number of ether oxygens (including phenoxy) is 1. The van der Waals surface area contributed by atoms with Crippen molar-refractivity contribution >= 4 is 50.4 Å². The second-order valence-corrected chi connectivity index (χ2v) is 12.0. The molecule has 0 radical (unpaired) electrons. The van der Waals surface area contributed by atoms with Gasteiger partial charge in [0.1, 0.15) is 17.7 Å². The highest BCUT2D eigenvalue weighted by atomic mass is 127. The molecule has 2 atom stereocenters. The molecular formula is C31H35BrF2IN3O3. The summed E-state index contributed by atoms with van der Waals surface area (Å²) in [5, 5.41) is 3.28. The summed E-state index contributed by atoms with van der Waals surface area (Å²) >= 11 is 5.65. The summed E-state index contributed by atoms with van der Waals surface area (Å²) in [6, 6.07) is 15.2. The molecule has 0 fully saturated rings. The number of nitrogens with zero attached hydrogens (tertiary/aromatic N) is 1. The molecule has 0 saturated heterocycles. The number of benzene rings is 3. The Balaban J connectivity index is 1.81. The van der Waals surface area contributed by atoms with Crippen molar-refractivity contribution in [2.24, 2.45) is 5.73 Å². The maximum Gasteiger partial charge on any atom is 0.338 e. The minimum Gasteiger partial charge on any atom is -0.456 e. The number of hydrogen-bond donors (Lipinski definition) is 2. The predicted molar refractivity (Wildman–Crippen MR) is 169 cm³/mol. The molecule has 3 rings (SSSR count). The van der Waals surface area contributed by atoms with Crippen LogP contribution in [0, 0.1) is 15.2 Å². The van der Waals surface area contributed by atoms with E-state index in [1.54, 1.807) is 17.0 Å². The van der Waals surface area contributed by atoms with E-state index in [1.807, 2.05) is 38.1 Å².